The van der Waals surface area contributed by atoms with Gasteiger partial charge in [0.25, 0.3) is 0 Å². The minimum absolute atomic E-state index is 0.161. The minimum Gasteiger partial charge on any atom is -0.394 e. The summed E-state index contributed by atoms with van der Waals surface area (Å²) in [5, 5.41) is 9.54. The van der Waals surface area contributed by atoms with Crippen molar-refractivity contribution in [2.75, 3.05) is 18.1 Å². The fraction of sp³-hybridized carbons (Fsp3) is 0.556. The average Bonchev–Trinajstić information content (AvgIpc) is 2.65. The Bertz CT molecular complexity index is 321. The second kappa shape index (κ2) is 4.11. The Morgan fingerprint density at radius 2 is 2.43 bits per heavy atom. The van der Waals surface area contributed by atoms with Gasteiger partial charge in [0.05, 0.1) is 25.0 Å². The molecule has 1 fully saturated rings. The summed E-state index contributed by atoms with van der Waals surface area (Å²) >= 11 is 5.75. The Labute approximate surface area is 87.5 Å². The van der Waals surface area contributed by atoms with Crippen LogP contribution in [0.15, 0.2) is 12.4 Å². The van der Waals surface area contributed by atoms with Crippen LogP contribution in [0.25, 0.3) is 0 Å². The molecule has 0 radical (unpaired) electrons. The molecule has 0 amide bonds. The summed E-state index contributed by atoms with van der Waals surface area (Å²) in [7, 11) is 0. The van der Waals surface area contributed by atoms with Crippen molar-refractivity contribution >= 4 is 17.4 Å². The maximum Gasteiger partial charge on any atom is 0.149 e. The van der Waals surface area contributed by atoms with Crippen molar-refractivity contribution in [1.82, 2.24) is 9.97 Å². The molecule has 14 heavy (non-hydrogen) atoms. The highest BCUT2D eigenvalue weighted by Crippen LogP contribution is 2.23. The topological polar surface area (TPSA) is 49.2 Å². The van der Waals surface area contributed by atoms with Crippen LogP contribution in [0.3, 0.4) is 0 Å². The number of aliphatic hydroxyl groups excluding tert-OH is 1. The molecule has 1 aromatic rings. The molecule has 0 saturated carbocycles. The van der Waals surface area contributed by atoms with Crippen molar-refractivity contribution < 1.29 is 5.11 Å². The zero-order valence-electron chi connectivity index (χ0n) is 7.73. The molecule has 1 unspecified atom stereocenters. The molecule has 1 saturated heterocycles. The van der Waals surface area contributed by atoms with Crippen molar-refractivity contribution in [3.8, 4) is 0 Å². The van der Waals surface area contributed by atoms with Gasteiger partial charge in [0.1, 0.15) is 11.0 Å². The Morgan fingerprint density at radius 3 is 3.14 bits per heavy atom. The van der Waals surface area contributed by atoms with Gasteiger partial charge in [-0.2, -0.15) is 0 Å². The third-order valence-electron chi connectivity index (χ3n) is 2.47. The molecule has 1 aliphatic heterocycles. The molecule has 1 N–H and O–H groups in total. The molecule has 0 spiro atoms. The minimum atomic E-state index is 0.161. The van der Waals surface area contributed by atoms with Gasteiger partial charge in [-0.3, -0.25) is 4.98 Å². The highest BCUT2D eigenvalue weighted by Gasteiger charge is 2.24. The highest BCUT2D eigenvalue weighted by atomic mass is 35.5. The standard InChI is InChI=1S/C9H12ClN3O/c10-8-4-11-5-9(12-8)13-3-1-2-7(13)6-14/h4-5,7,14H,1-3,6H2. The maximum atomic E-state index is 9.14. The van der Waals surface area contributed by atoms with Gasteiger partial charge < -0.3 is 10.0 Å². The number of aliphatic hydroxyl groups is 1. The second-order valence-corrected chi connectivity index (χ2v) is 3.76. The fourth-order valence-electron chi connectivity index (χ4n) is 1.80. The second-order valence-electron chi connectivity index (χ2n) is 3.37. The van der Waals surface area contributed by atoms with E-state index in [0.717, 1.165) is 25.2 Å². The number of halogens is 1. The monoisotopic (exact) mass is 213 g/mol. The Morgan fingerprint density at radius 1 is 1.57 bits per heavy atom. The number of anilines is 1. The van der Waals surface area contributed by atoms with Gasteiger partial charge in [-0.05, 0) is 12.8 Å². The lowest BCUT2D eigenvalue weighted by Crippen LogP contribution is -2.32. The quantitative estimate of drug-likeness (QED) is 0.799. The number of hydrogen-bond donors (Lipinski definition) is 1. The molecular formula is C9H12ClN3O. The molecule has 0 aromatic carbocycles. The molecule has 0 bridgehead atoms. The van der Waals surface area contributed by atoms with Gasteiger partial charge in [0.15, 0.2) is 0 Å². The van der Waals surface area contributed by atoms with Crippen molar-refractivity contribution in [2.45, 2.75) is 18.9 Å². The molecule has 2 rings (SSSR count). The van der Waals surface area contributed by atoms with E-state index in [4.69, 9.17) is 16.7 Å². The Hall–Kier alpha value is -0.870. The van der Waals surface area contributed by atoms with E-state index < -0.39 is 0 Å². The van der Waals surface area contributed by atoms with Crippen LogP contribution in [0.5, 0.6) is 0 Å². The van der Waals surface area contributed by atoms with Gasteiger partial charge in [0.2, 0.25) is 0 Å². The first-order valence-corrected chi connectivity index (χ1v) is 5.04. The zero-order valence-corrected chi connectivity index (χ0v) is 8.48. The fourth-order valence-corrected chi connectivity index (χ4v) is 1.94. The molecule has 1 aromatic heterocycles. The summed E-state index contributed by atoms with van der Waals surface area (Å²) in [6, 6.07) is 0.169. The summed E-state index contributed by atoms with van der Waals surface area (Å²) in [5.74, 6) is 0.758. The van der Waals surface area contributed by atoms with Crippen molar-refractivity contribution in [2.24, 2.45) is 0 Å². The summed E-state index contributed by atoms with van der Waals surface area (Å²) in [4.78, 5) is 10.2. The van der Waals surface area contributed by atoms with Crippen LogP contribution in [0, 0.1) is 0 Å². The Balaban J connectivity index is 2.21. The first-order chi connectivity index (χ1) is 6.81. The van der Waals surface area contributed by atoms with Crippen LogP contribution in [0.1, 0.15) is 12.8 Å². The average molecular weight is 214 g/mol. The van der Waals surface area contributed by atoms with Crippen LogP contribution in [-0.2, 0) is 0 Å². The highest BCUT2D eigenvalue weighted by molar-refractivity contribution is 6.29. The maximum absolute atomic E-state index is 9.14. The molecule has 2 heterocycles. The molecule has 5 heteroatoms. The van der Waals surface area contributed by atoms with Crippen LogP contribution in [0.4, 0.5) is 5.82 Å². The van der Waals surface area contributed by atoms with Crippen LogP contribution in [-0.4, -0.2) is 34.3 Å². The van der Waals surface area contributed by atoms with Crippen molar-refractivity contribution in [3.63, 3.8) is 0 Å². The van der Waals surface area contributed by atoms with E-state index in [0.29, 0.717) is 5.15 Å². The lowest BCUT2D eigenvalue weighted by Gasteiger charge is -2.23. The molecule has 0 aliphatic carbocycles. The van der Waals surface area contributed by atoms with E-state index >= 15 is 0 Å². The molecule has 1 aliphatic rings. The number of hydrogen-bond acceptors (Lipinski definition) is 4. The van der Waals surface area contributed by atoms with Crippen LogP contribution in [0.2, 0.25) is 5.15 Å². The van der Waals surface area contributed by atoms with E-state index in [1.807, 2.05) is 0 Å². The number of aromatic nitrogens is 2. The van der Waals surface area contributed by atoms with Crippen molar-refractivity contribution in [3.05, 3.63) is 17.5 Å². The third-order valence-corrected chi connectivity index (χ3v) is 2.66. The van der Waals surface area contributed by atoms with Gasteiger partial charge in [0, 0.05) is 6.54 Å². The van der Waals surface area contributed by atoms with Gasteiger partial charge in [-0.1, -0.05) is 11.6 Å². The predicted octanol–water partition coefficient (Wildman–Crippen LogP) is 1.09. The van der Waals surface area contributed by atoms with Crippen LogP contribution >= 0.6 is 11.6 Å². The normalized spacial score (nSPS) is 21.6. The van der Waals surface area contributed by atoms with E-state index in [2.05, 4.69) is 14.9 Å². The molecule has 76 valence electrons. The summed E-state index contributed by atoms with van der Waals surface area (Å²) in [6.45, 7) is 1.08. The van der Waals surface area contributed by atoms with Gasteiger partial charge in [-0.15, -0.1) is 0 Å². The van der Waals surface area contributed by atoms with Gasteiger partial charge in [-0.25, -0.2) is 4.98 Å². The lowest BCUT2D eigenvalue weighted by atomic mass is 10.2. The molecule has 1 atom stereocenters. The van der Waals surface area contributed by atoms with E-state index in [1.165, 1.54) is 6.20 Å². The van der Waals surface area contributed by atoms with E-state index in [-0.39, 0.29) is 12.6 Å². The SMILES string of the molecule is OCC1CCCN1c1cncc(Cl)n1. The first-order valence-electron chi connectivity index (χ1n) is 4.66. The van der Waals surface area contributed by atoms with Crippen molar-refractivity contribution in [1.29, 1.82) is 0 Å². The van der Waals surface area contributed by atoms with E-state index in [9.17, 15) is 0 Å². The molecule has 4 nitrogen and oxygen atoms in total. The number of nitrogens with zero attached hydrogens (tertiary/aromatic N) is 3. The first kappa shape index (κ1) is 9.68. The summed E-state index contributed by atoms with van der Waals surface area (Å²) < 4.78 is 0. The zero-order chi connectivity index (χ0) is 9.97. The van der Waals surface area contributed by atoms with Gasteiger partial charge >= 0.3 is 0 Å². The summed E-state index contributed by atoms with van der Waals surface area (Å²) in [6.07, 6.45) is 5.28. The third kappa shape index (κ3) is 1.81. The summed E-state index contributed by atoms with van der Waals surface area (Å²) in [5.41, 5.74) is 0. The predicted molar refractivity (Wildman–Crippen MR) is 54.5 cm³/mol. The van der Waals surface area contributed by atoms with E-state index in [1.54, 1.807) is 6.20 Å². The lowest BCUT2D eigenvalue weighted by molar-refractivity contribution is 0.266. The smallest absolute Gasteiger partial charge is 0.149 e. The Kier molecular flexibility index (Phi) is 2.84. The largest absolute Gasteiger partial charge is 0.394 e. The molecular weight excluding hydrogens is 202 g/mol. The number of rotatable bonds is 2. The van der Waals surface area contributed by atoms with Crippen LogP contribution < -0.4 is 4.90 Å².